The highest BCUT2D eigenvalue weighted by atomic mass is 15.2. The van der Waals surface area contributed by atoms with E-state index < -0.39 is 0 Å². The van der Waals surface area contributed by atoms with Gasteiger partial charge in [-0.15, -0.1) is 0 Å². The van der Waals surface area contributed by atoms with E-state index in [1.807, 2.05) is 24.3 Å². The summed E-state index contributed by atoms with van der Waals surface area (Å²) in [6.07, 6.45) is 0. The van der Waals surface area contributed by atoms with Crippen molar-refractivity contribution in [2.75, 3.05) is 32.1 Å². The Morgan fingerprint density at radius 1 is 0.955 bits per heavy atom. The molecule has 0 saturated carbocycles. The fourth-order valence-corrected chi connectivity index (χ4v) is 2.16. The summed E-state index contributed by atoms with van der Waals surface area (Å²) in [5.41, 5.74) is 2.46. The highest BCUT2D eigenvalue weighted by Crippen LogP contribution is 2.09. The highest BCUT2D eigenvalue weighted by Gasteiger charge is 2.01. The van der Waals surface area contributed by atoms with Gasteiger partial charge in [-0.2, -0.15) is 0 Å². The number of rotatable bonds is 6. The number of anilines is 1. The van der Waals surface area contributed by atoms with Gasteiger partial charge in [0.2, 0.25) is 0 Å². The van der Waals surface area contributed by atoms with Crippen molar-refractivity contribution in [1.82, 2.24) is 10.6 Å². The maximum absolute atomic E-state index is 4.25. The predicted octanol–water partition coefficient (Wildman–Crippen LogP) is 2.49. The number of guanidine groups is 1. The summed E-state index contributed by atoms with van der Waals surface area (Å²) in [6, 6.07) is 20.7. The molecule has 0 atom stereocenters. The molecular formula is C18H24N4. The van der Waals surface area contributed by atoms with Gasteiger partial charge in [0.15, 0.2) is 5.96 Å². The maximum atomic E-state index is 4.25. The Morgan fingerprint density at radius 3 is 2.23 bits per heavy atom. The van der Waals surface area contributed by atoms with Crippen LogP contribution in [-0.4, -0.2) is 33.1 Å². The lowest BCUT2D eigenvalue weighted by Crippen LogP contribution is -2.40. The van der Waals surface area contributed by atoms with Crippen LogP contribution in [0.15, 0.2) is 65.7 Å². The van der Waals surface area contributed by atoms with Gasteiger partial charge in [-0.1, -0.05) is 48.5 Å². The lowest BCUT2D eigenvalue weighted by Gasteiger charge is -2.20. The zero-order valence-corrected chi connectivity index (χ0v) is 13.3. The Bertz CT molecular complexity index is 566. The standard InChI is InChI=1S/C18H24N4/c1-19-18(21-15-16-9-5-3-6-10-16)20-13-14-22(2)17-11-7-4-8-12-17/h3-12H,13-15H2,1-2H3,(H2,19,20,21). The minimum Gasteiger partial charge on any atom is -0.373 e. The van der Waals surface area contributed by atoms with Crippen molar-refractivity contribution in [3.05, 3.63) is 66.2 Å². The SMILES string of the molecule is CN=C(NCCN(C)c1ccccc1)NCc1ccccc1. The molecule has 0 bridgehead atoms. The van der Waals surface area contributed by atoms with Gasteiger partial charge in [0, 0.05) is 39.4 Å². The van der Waals surface area contributed by atoms with Crippen LogP contribution < -0.4 is 15.5 Å². The topological polar surface area (TPSA) is 39.7 Å². The number of nitrogens with zero attached hydrogens (tertiary/aromatic N) is 2. The summed E-state index contributed by atoms with van der Waals surface area (Å²) < 4.78 is 0. The van der Waals surface area contributed by atoms with Gasteiger partial charge >= 0.3 is 0 Å². The van der Waals surface area contributed by atoms with Gasteiger partial charge in [0.25, 0.3) is 0 Å². The van der Waals surface area contributed by atoms with Gasteiger partial charge in [0.05, 0.1) is 0 Å². The van der Waals surface area contributed by atoms with Crippen molar-refractivity contribution in [2.45, 2.75) is 6.54 Å². The molecule has 4 nitrogen and oxygen atoms in total. The van der Waals surface area contributed by atoms with E-state index in [-0.39, 0.29) is 0 Å². The number of nitrogens with one attached hydrogen (secondary N) is 2. The largest absolute Gasteiger partial charge is 0.373 e. The smallest absolute Gasteiger partial charge is 0.191 e. The molecule has 0 aliphatic rings. The van der Waals surface area contributed by atoms with E-state index in [9.17, 15) is 0 Å². The van der Waals surface area contributed by atoms with E-state index >= 15 is 0 Å². The van der Waals surface area contributed by atoms with E-state index in [4.69, 9.17) is 0 Å². The lowest BCUT2D eigenvalue weighted by molar-refractivity contribution is 0.777. The van der Waals surface area contributed by atoms with E-state index in [0.717, 1.165) is 25.6 Å². The van der Waals surface area contributed by atoms with Crippen molar-refractivity contribution in [3.8, 4) is 0 Å². The molecule has 2 rings (SSSR count). The molecule has 4 heteroatoms. The maximum Gasteiger partial charge on any atom is 0.191 e. The zero-order valence-electron chi connectivity index (χ0n) is 13.3. The molecule has 0 spiro atoms. The number of likely N-dealkylation sites (N-methyl/N-ethyl adjacent to an activating group) is 1. The van der Waals surface area contributed by atoms with Crippen LogP contribution in [0.2, 0.25) is 0 Å². The van der Waals surface area contributed by atoms with Gasteiger partial charge in [-0.3, -0.25) is 4.99 Å². The number of benzene rings is 2. The van der Waals surface area contributed by atoms with Crippen LogP contribution in [0.4, 0.5) is 5.69 Å². The molecule has 0 amide bonds. The summed E-state index contributed by atoms with van der Waals surface area (Å²) in [4.78, 5) is 6.47. The molecule has 0 aliphatic heterocycles. The summed E-state index contributed by atoms with van der Waals surface area (Å²) >= 11 is 0. The summed E-state index contributed by atoms with van der Waals surface area (Å²) in [6.45, 7) is 2.52. The molecule has 0 radical (unpaired) electrons. The second-order valence-electron chi connectivity index (χ2n) is 5.10. The molecular weight excluding hydrogens is 272 g/mol. The van der Waals surface area contributed by atoms with Gasteiger partial charge in [-0.05, 0) is 17.7 Å². The second kappa shape index (κ2) is 8.72. The lowest BCUT2D eigenvalue weighted by atomic mass is 10.2. The predicted molar refractivity (Wildman–Crippen MR) is 94.4 cm³/mol. The fourth-order valence-electron chi connectivity index (χ4n) is 2.16. The Kier molecular flexibility index (Phi) is 6.30. The van der Waals surface area contributed by atoms with Crippen LogP contribution in [0.3, 0.4) is 0 Å². The molecule has 0 aromatic heterocycles. The molecule has 0 saturated heterocycles. The summed E-state index contributed by atoms with van der Waals surface area (Å²) in [7, 11) is 3.89. The summed E-state index contributed by atoms with van der Waals surface area (Å²) in [5, 5.41) is 6.66. The third kappa shape index (κ3) is 5.13. The molecule has 0 aliphatic carbocycles. The van der Waals surface area contributed by atoms with E-state index in [0.29, 0.717) is 0 Å². The minimum atomic E-state index is 0.773. The Labute approximate surface area is 132 Å². The Morgan fingerprint density at radius 2 is 1.59 bits per heavy atom. The average molecular weight is 296 g/mol. The third-order valence-electron chi connectivity index (χ3n) is 3.46. The van der Waals surface area contributed by atoms with Gasteiger partial charge in [0.1, 0.15) is 0 Å². The van der Waals surface area contributed by atoms with Crippen LogP contribution in [0, 0.1) is 0 Å². The van der Waals surface area contributed by atoms with E-state index in [1.54, 1.807) is 7.05 Å². The van der Waals surface area contributed by atoms with Gasteiger partial charge < -0.3 is 15.5 Å². The molecule has 116 valence electrons. The van der Waals surface area contributed by atoms with Crippen molar-refractivity contribution in [3.63, 3.8) is 0 Å². The van der Waals surface area contributed by atoms with Crippen LogP contribution in [0.1, 0.15) is 5.56 Å². The normalized spacial score (nSPS) is 11.1. The minimum absolute atomic E-state index is 0.773. The van der Waals surface area contributed by atoms with Crippen molar-refractivity contribution in [2.24, 2.45) is 4.99 Å². The monoisotopic (exact) mass is 296 g/mol. The number of para-hydroxylation sites is 1. The summed E-state index contributed by atoms with van der Waals surface area (Å²) in [5.74, 6) is 0.824. The highest BCUT2D eigenvalue weighted by molar-refractivity contribution is 5.79. The van der Waals surface area contributed by atoms with Crippen LogP contribution in [0.5, 0.6) is 0 Å². The number of aliphatic imine (C=N–C) groups is 1. The molecule has 0 unspecified atom stereocenters. The molecule has 2 aromatic carbocycles. The molecule has 0 heterocycles. The second-order valence-corrected chi connectivity index (χ2v) is 5.10. The third-order valence-corrected chi connectivity index (χ3v) is 3.46. The first-order valence-corrected chi connectivity index (χ1v) is 7.54. The molecule has 2 N–H and O–H groups in total. The van der Waals surface area contributed by atoms with Crippen molar-refractivity contribution < 1.29 is 0 Å². The molecule has 2 aromatic rings. The van der Waals surface area contributed by atoms with Crippen LogP contribution in [0.25, 0.3) is 0 Å². The van der Waals surface area contributed by atoms with Crippen LogP contribution >= 0.6 is 0 Å². The molecule has 22 heavy (non-hydrogen) atoms. The first kappa shape index (κ1) is 15.9. The number of hydrogen-bond donors (Lipinski definition) is 2. The Hall–Kier alpha value is -2.49. The number of hydrogen-bond acceptors (Lipinski definition) is 2. The first-order chi connectivity index (χ1) is 10.8. The van der Waals surface area contributed by atoms with Crippen LogP contribution in [-0.2, 0) is 6.54 Å². The molecule has 0 fully saturated rings. The van der Waals surface area contributed by atoms with E-state index in [1.165, 1.54) is 11.3 Å². The average Bonchev–Trinajstić information content (AvgIpc) is 2.59. The zero-order chi connectivity index (χ0) is 15.6. The Balaban J connectivity index is 1.72. The van der Waals surface area contributed by atoms with Gasteiger partial charge in [-0.25, -0.2) is 0 Å². The van der Waals surface area contributed by atoms with Crippen molar-refractivity contribution >= 4 is 11.6 Å². The van der Waals surface area contributed by atoms with Crippen molar-refractivity contribution in [1.29, 1.82) is 0 Å². The van der Waals surface area contributed by atoms with E-state index in [2.05, 4.69) is 64.0 Å². The first-order valence-electron chi connectivity index (χ1n) is 7.54. The fraction of sp³-hybridized carbons (Fsp3) is 0.278. The quantitative estimate of drug-likeness (QED) is 0.635.